The number of nitrogens with one attached hydrogen (secondary N) is 1. The van der Waals surface area contributed by atoms with E-state index in [0.29, 0.717) is 23.4 Å². The molecule has 4 rings (SSSR count). The van der Waals surface area contributed by atoms with E-state index in [2.05, 4.69) is 5.32 Å². The highest BCUT2D eigenvalue weighted by atomic mass is 35.5. The Morgan fingerprint density at radius 2 is 2.19 bits per heavy atom. The van der Waals surface area contributed by atoms with Crippen LogP contribution in [0.5, 0.6) is 5.75 Å². The van der Waals surface area contributed by atoms with Crippen LogP contribution in [0, 0.1) is 0 Å². The normalized spacial score (nSPS) is 21.5. The second-order valence-electron chi connectivity index (χ2n) is 6.68. The summed E-state index contributed by atoms with van der Waals surface area (Å²) in [5.74, 6) is 0.553. The van der Waals surface area contributed by atoms with Crippen LogP contribution in [-0.4, -0.2) is 42.6 Å². The Kier molecular flexibility index (Phi) is 5.53. The molecule has 26 heavy (non-hydrogen) atoms. The van der Waals surface area contributed by atoms with Gasteiger partial charge in [0.05, 0.1) is 0 Å². The van der Waals surface area contributed by atoms with Gasteiger partial charge in [-0.05, 0) is 43.5 Å². The molecule has 2 saturated heterocycles. The summed E-state index contributed by atoms with van der Waals surface area (Å²) in [4.78, 5) is 26.1. The van der Waals surface area contributed by atoms with Crippen LogP contribution in [-0.2, 0) is 11.2 Å². The van der Waals surface area contributed by atoms with Gasteiger partial charge in [0.1, 0.15) is 11.3 Å². The van der Waals surface area contributed by atoms with Gasteiger partial charge in [-0.25, -0.2) is 4.79 Å². The number of aryl methyl sites for hydroxylation is 1. The minimum atomic E-state index is -0.366. The molecule has 7 heteroatoms. The lowest BCUT2D eigenvalue weighted by molar-refractivity contribution is -0.134. The van der Waals surface area contributed by atoms with Gasteiger partial charge in [0.15, 0.2) is 6.61 Å². The molecule has 0 aliphatic carbocycles. The van der Waals surface area contributed by atoms with Gasteiger partial charge in [0.2, 0.25) is 0 Å². The number of benzene rings is 1. The Morgan fingerprint density at radius 3 is 3.00 bits per heavy atom. The Morgan fingerprint density at radius 1 is 1.35 bits per heavy atom. The van der Waals surface area contributed by atoms with E-state index in [1.165, 1.54) is 6.07 Å². The first-order valence-corrected chi connectivity index (χ1v) is 8.88. The van der Waals surface area contributed by atoms with Crippen molar-refractivity contribution in [3.05, 3.63) is 40.2 Å². The third-order valence-electron chi connectivity index (χ3n) is 5.26. The predicted octanol–water partition coefficient (Wildman–Crippen LogP) is 2.12. The molecule has 0 spiro atoms. The van der Waals surface area contributed by atoms with Gasteiger partial charge >= 0.3 is 5.63 Å². The van der Waals surface area contributed by atoms with Crippen molar-refractivity contribution >= 4 is 29.3 Å². The maximum absolute atomic E-state index is 12.5. The molecule has 1 amide bonds. The second-order valence-corrected chi connectivity index (χ2v) is 6.68. The van der Waals surface area contributed by atoms with Crippen molar-refractivity contribution in [2.75, 3.05) is 19.7 Å². The van der Waals surface area contributed by atoms with Crippen LogP contribution in [0.4, 0.5) is 0 Å². The number of nitrogens with zero attached hydrogens (tertiary/aromatic N) is 1. The number of likely N-dealkylation sites (tertiary alicyclic amines) is 1. The quantitative estimate of drug-likeness (QED) is 0.825. The molecule has 2 aliphatic heterocycles. The largest absolute Gasteiger partial charge is 0.484 e. The summed E-state index contributed by atoms with van der Waals surface area (Å²) < 4.78 is 10.9. The van der Waals surface area contributed by atoms with Crippen molar-refractivity contribution in [3.8, 4) is 5.75 Å². The van der Waals surface area contributed by atoms with E-state index < -0.39 is 0 Å². The highest BCUT2D eigenvalue weighted by Crippen LogP contribution is 2.26. The smallest absolute Gasteiger partial charge is 0.336 e. The number of rotatable bonds is 4. The lowest BCUT2D eigenvalue weighted by atomic mass is 10.1. The lowest BCUT2D eigenvalue weighted by Gasteiger charge is -2.23. The Labute approximate surface area is 157 Å². The number of fused-ring (bicyclic) bond motifs is 2. The third-order valence-corrected chi connectivity index (χ3v) is 5.26. The number of amides is 1. The van der Waals surface area contributed by atoms with Crippen LogP contribution >= 0.6 is 12.4 Å². The molecule has 1 N–H and O–H groups in total. The molecule has 2 atom stereocenters. The monoisotopic (exact) mass is 378 g/mol. The molecule has 2 aromatic rings. The number of hydrogen-bond acceptors (Lipinski definition) is 5. The second kappa shape index (κ2) is 7.68. The van der Waals surface area contributed by atoms with E-state index in [1.807, 2.05) is 24.0 Å². The molecule has 1 aromatic carbocycles. The van der Waals surface area contributed by atoms with Gasteiger partial charge in [-0.2, -0.15) is 0 Å². The molecule has 6 nitrogen and oxygen atoms in total. The van der Waals surface area contributed by atoms with Crippen molar-refractivity contribution in [1.29, 1.82) is 0 Å². The maximum atomic E-state index is 12.5. The van der Waals surface area contributed by atoms with Gasteiger partial charge in [0.25, 0.3) is 5.91 Å². The van der Waals surface area contributed by atoms with Crippen molar-refractivity contribution < 1.29 is 13.9 Å². The standard InChI is InChI=1S/C19H22N2O4.ClH/c1-2-12-9-19(23)25-17-10-13(3-4-14(12)17)24-11-18(22)21-8-6-15-16(21)5-7-20-15;/h3-4,9-10,15-16,20H,2,5-8,11H2,1H3;1H/t15-,16-;/m0./s1. The minimum Gasteiger partial charge on any atom is -0.484 e. The number of ether oxygens (including phenoxy) is 1. The molecule has 2 fully saturated rings. The van der Waals surface area contributed by atoms with E-state index in [4.69, 9.17) is 9.15 Å². The molecular formula is C19H23ClN2O4. The zero-order chi connectivity index (χ0) is 17.4. The molecule has 0 bridgehead atoms. The van der Waals surface area contributed by atoms with Crippen molar-refractivity contribution in [1.82, 2.24) is 10.2 Å². The summed E-state index contributed by atoms with van der Waals surface area (Å²) in [6, 6.07) is 7.64. The van der Waals surface area contributed by atoms with E-state index in [0.717, 1.165) is 43.3 Å². The summed E-state index contributed by atoms with van der Waals surface area (Å²) in [5.41, 5.74) is 1.08. The predicted molar refractivity (Wildman–Crippen MR) is 101 cm³/mol. The first-order valence-electron chi connectivity index (χ1n) is 8.88. The van der Waals surface area contributed by atoms with Gasteiger partial charge < -0.3 is 19.4 Å². The van der Waals surface area contributed by atoms with Gasteiger partial charge in [0, 0.05) is 36.1 Å². The average Bonchev–Trinajstić information content (AvgIpc) is 3.21. The number of carbonyl (C=O) groups is 1. The number of carbonyl (C=O) groups excluding carboxylic acids is 1. The summed E-state index contributed by atoms with van der Waals surface area (Å²) in [7, 11) is 0. The van der Waals surface area contributed by atoms with Crippen LogP contribution in [0.1, 0.15) is 25.3 Å². The Balaban J connectivity index is 0.00000196. The average molecular weight is 379 g/mol. The summed E-state index contributed by atoms with van der Waals surface area (Å²) in [6.45, 7) is 3.77. The fourth-order valence-corrected chi connectivity index (χ4v) is 4.00. The van der Waals surface area contributed by atoms with Crippen molar-refractivity contribution in [2.24, 2.45) is 0 Å². The molecule has 0 unspecified atom stereocenters. The van der Waals surface area contributed by atoms with Crippen molar-refractivity contribution in [3.63, 3.8) is 0 Å². The van der Waals surface area contributed by atoms with E-state index >= 15 is 0 Å². The summed E-state index contributed by atoms with van der Waals surface area (Å²) in [6.07, 6.45) is 2.78. The molecule has 2 aliphatic rings. The molecule has 1 aromatic heterocycles. The van der Waals surface area contributed by atoms with Gasteiger partial charge in [-0.3, -0.25) is 4.79 Å². The summed E-state index contributed by atoms with van der Waals surface area (Å²) >= 11 is 0. The van der Waals surface area contributed by atoms with Crippen LogP contribution < -0.4 is 15.7 Å². The van der Waals surface area contributed by atoms with Gasteiger partial charge in [-0.15, -0.1) is 12.4 Å². The van der Waals surface area contributed by atoms with Crippen LogP contribution in [0.15, 0.2) is 33.5 Å². The SMILES string of the molecule is CCc1cc(=O)oc2cc(OCC(=O)N3CC[C@@H]4NCC[C@@H]43)ccc12.Cl. The van der Waals surface area contributed by atoms with Crippen LogP contribution in [0.3, 0.4) is 0 Å². The van der Waals surface area contributed by atoms with Gasteiger partial charge in [-0.1, -0.05) is 6.92 Å². The fraction of sp³-hybridized carbons (Fsp3) is 0.474. The van der Waals surface area contributed by atoms with E-state index in [9.17, 15) is 9.59 Å². The third kappa shape index (κ3) is 3.44. The minimum absolute atomic E-state index is 0. The highest BCUT2D eigenvalue weighted by Gasteiger charge is 2.39. The van der Waals surface area contributed by atoms with Crippen molar-refractivity contribution in [2.45, 2.75) is 38.3 Å². The Bertz CT molecular complexity index is 866. The zero-order valence-electron chi connectivity index (χ0n) is 14.7. The molecule has 140 valence electrons. The topological polar surface area (TPSA) is 71.8 Å². The first kappa shape index (κ1) is 18.7. The molecule has 3 heterocycles. The molecular weight excluding hydrogens is 356 g/mol. The van der Waals surface area contributed by atoms with Crippen LogP contribution in [0.25, 0.3) is 11.0 Å². The zero-order valence-corrected chi connectivity index (χ0v) is 15.5. The number of hydrogen-bond donors (Lipinski definition) is 1. The molecule has 0 saturated carbocycles. The number of halogens is 1. The molecule has 0 radical (unpaired) electrons. The summed E-state index contributed by atoms with van der Waals surface area (Å²) in [5, 5.41) is 4.34. The van der Waals surface area contributed by atoms with E-state index in [1.54, 1.807) is 6.07 Å². The van der Waals surface area contributed by atoms with E-state index in [-0.39, 0.29) is 30.5 Å². The highest BCUT2D eigenvalue weighted by molar-refractivity contribution is 5.85. The maximum Gasteiger partial charge on any atom is 0.336 e. The fourth-order valence-electron chi connectivity index (χ4n) is 4.00. The van der Waals surface area contributed by atoms with Crippen LogP contribution in [0.2, 0.25) is 0 Å². The Hall–Kier alpha value is -2.05. The first-order chi connectivity index (χ1) is 12.2. The lowest BCUT2D eigenvalue weighted by Crippen LogP contribution is -2.41.